The second-order valence-electron chi connectivity index (χ2n) is 9.51. The van der Waals surface area contributed by atoms with Gasteiger partial charge in [-0.25, -0.2) is 0 Å². The first-order valence-electron chi connectivity index (χ1n) is 13.0. The molecule has 198 valence electrons. The number of benzene rings is 4. The predicted molar refractivity (Wildman–Crippen MR) is 159 cm³/mol. The number of ether oxygens (including phenoxy) is 1. The molecule has 1 aliphatic heterocycles. The molecule has 1 fully saturated rings. The van der Waals surface area contributed by atoms with Crippen LogP contribution in [-0.4, -0.2) is 41.9 Å². The summed E-state index contributed by atoms with van der Waals surface area (Å²) in [4.78, 5) is 17.3. The van der Waals surface area contributed by atoms with E-state index in [1.165, 1.54) is 11.1 Å². The zero-order valence-corrected chi connectivity index (χ0v) is 23.1. The lowest BCUT2D eigenvalue weighted by Gasteiger charge is -2.39. The summed E-state index contributed by atoms with van der Waals surface area (Å²) < 4.78 is 5.85. The molecule has 4 aromatic rings. The van der Waals surface area contributed by atoms with E-state index >= 15 is 0 Å². The largest absolute Gasteiger partial charge is 0.489 e. The van der Waals surface area contributed by atoms with E-state index in [-0.39, 0.29) is 11.9 Å². The van der Waals surface area contributed by atoms with Crippen molar-refractivity contribution in [2.24, 2.45) is 0 Å². The highest BCUT2D eigenvalue weighted by molar-refractivity contribution is 6.35. The first-order chi connectivity index (χ1) is 19.1. The predicted octanol–water partition coefficient (Wildman–Crippen LogP) is 7.52. The van der Waals surface area contributed by atoms with Gasteiger partial charge in [-0.3, -0.25) is 9.69 Å². The first-order valence-corrected chi connectivity index (χ1v) is 13.8. The number of halogens is 2. The molecule has 39 heavy (non-hydrogen) atoms. The van der Waals surface area contributed by atoms with Crippen molar-refractivity contribution in [3.05, 3.63) is 142 Å². The molecule has 0 aliphatic carbocycles. The average molecular weight is 558 g/mol. The minimum Gasteiger partial charge on any atom is -0.489 e. The molecule has 5 rings (SSSR count). The molecule has 0 aromatic heterocycles. The van der Waals surface area contributed by atoms with Crippen molar-refractivity contribution < 1.29 is 9.53 Å². The molecule has 0 unspecified atom stereocenters. The van der Waals surface area contributed by atoms with E-state index in [0.29, 0.717) is 29.7 Å². The van der Waals surface area contributed by atoms with Gasteiger partial charge in [0.1, 0.15) is 12.4 Å². The van der Waals surface area contributed by atoms with Gasteiger partial charge < -0.3 is 9.64 Å². The van der Waals surface area contributed by atoms with Crippen LogP contribution in [0.5, 0.6) is 5.75 Å². The third kappa shape index (κ3) is 7.10. The normalized spacial score (nSPS) is 14.2. The molecule has 4 nitrogen and oxygen atoms in total. The van der Waals surface area contributed by atoms with Gasteiger partial charge in [0.05, 0.1) is 6.04 Å². The van der Waals surface area contributed by atoms with E-state index in [0.717, 1.165) is 30.0 Å². The van der Waals surface area contributed by atoms with Gasteiger partial charge in [-0.1, -0.05) is 102 Å². The van der Waals surface area contributed by atoms with Crippen LogP contribution in [0.2, 0.25) is 10.0 Å². The molecule has 0 radical (unpaired) electrons. The van der Waals surface area contributed by atoms with Gasteiger partial charge in [0.2, 0.25) is 5.91 Å². The Morgan fingerprint density at radius 2 is 1.41 bits per heavy atom. The summed E-state index contributed by atoms with van der Waals surface area (Å²) in [6.45, 7) is 3.37. The molecule has 1 amide bonds. The van der Waals surface area contributed by atoms with Crippen LogP contribution in [0, 0.1) is 0 Å². The zero-order chi connectivity index (χ0) is 27.0. The molecule has 4 aromatic carbocycles. The van der Waals surface area contributed by atoms with Crippen LogP contribution in [0.25, 0.3) is 6.08 Å². The Morgan fingerprint density at radius 1 is 0.795 bits per heavy atom. The van der Waals surface area contributed by atoms with Crippen molar-refractivity contribution in [2.45, 2.75) is 12.6 Å². The van der Waals surface area contributed by atoms with Gasteiger partial charge in [-0.2, -0.15) is 0 Å². The lowest BCUT2D eigenvalue weighted by atomic mass is 9.96. The fourth-order valence-electron chi connectivity index (χ4n) is 4.83. The fourth-order valence-corrected chi connectivity index (χ4v) is 5.30. The van der Waals surface area contributed by atoms with E-state index in [2.05, 4.69) is 53.4 Å². The molecule has 1 heterocycles. The highest BCUT2D eigenvalue weighted by Gasteiger charge is 2.27. The topological polar surface area (TPSA) is 32.8 Å². The van der Waals surface area contributed by atoms with Crippen molar-refractivity contribution in [1.82, 2.24) is 9.80 Å². The van der Waals surface area contributed by atoms with Crippen LogP contribution in [0.3, 0.4) is 0 Å². The van der Waals surface area contributed by atoms with Crippen LogP contribution in [0.4, 0.5) is 0 Å². The smallest absolute Gasteiger partial charge is 0.246 e. The Hall–Kier alpha value is -3.57. The Labute approximate surface area is 240 Å². The van der Waals surface area contributed by atoms with Crippen molar-refractivity contribution in [2.75, 3.05) is 26.2 Å². The number of carbonyl (C=O) groups is 1. The molecular formula is C33H30Cl2N2O2. The third-order valence-corrected chi connectivity index (χ3v) is 7.52. The van der Waals surface area contributed by atoms with Crippen molar-refractivity contribution in [3.63, 3.8) is 0 Å². The SMILES string of the molecule is O=C(C=Cc1ccc(OCc2ccc(Cl)cc2Cl)cc1)N1CCN(C(c2ccccc2)c2ccccc2)CC1. The highest BCUT2D eigenvalue weighted by Crippen LogP contribution is 2.29. The summed E-state index contributed by atoms with van der Waals surface area (Å²) >= 11 is 12.2. The van der Waals surface area contributed by atoms with Crippen molar-refractivity contribution in [3.8, 4) is 5.75 Å². The van der Waals surface area contributed by atoms with Gasteiger partial charge in [-0.05, 0) is 47.0 Å². The lowest BCUT2D eigenvalue weighted by Crippen LogP contribution is -2.49. The molecule has 0 spiro atoms. The minimum atomic E-state index is 0.0309. The van der Waals surface area contributed by atoms with Gasteiger partial charge >= 0.3 is 0 Å². The molecule has 6 heteroatoms. The van der Waals surface area contributed by atoms with Crippen LogP contribution >= 0.6 is 23.2 Å². The van der Waals surface area contributed by atoms with Crippen LogP contribution in [0.1, 0.15) is 28.3 Å². The number of carbonyl (C=O) groups excluding carboxylic acids is 1. The number of amides is 1. The Morgan fingerprint density at radius 3 is 2.00 bits per heavy atom. The zero-order valence-electron chi connectivity index (χ0n) is 21.5. The van der Waals surface area contributed by atoms with E-state index in [4.69, 9.17) is 27.9 Å². The summed E-state index contributed by atoms with van der Waals surface area (Å²) in [5.74, 6) is 0.760. The second-order valence-corrected chi connectivity index (χ2v) is 10.4. The van der Waals surface area contributed by atoms with Crippen molar-refractivity contribution >= 4 is 35.2 Å². The highest BCUT2D eigenvalue weighted by atomic mass is 35.5. The maximum absolute atomic E-state index is 12.9. The summed E-state index contributed by atoms with van der Waals surface area (Å²) in [5, 5.41) is 1.18. The van der Waals surface area contributed by atoms with E-state index in [1.54, 1.807) is 18.2 Å². The Bertz CT molecular complexity index is 1360. The number of hydrogen-bond acceptors (Lipinski definition) is 3. The molecular weight excluding hydrogens is 527 g/mol. The van der Waals surface area contributed by atoms with Crippen LogP contribution in [-0.2, 0) is 11.4 Å². The second kappa shape index (κ2) is 13.0. The standard InChI is InChI=1S/C33H30Cl2N2O2/c34-29-15-14-28(31(35)23-29)24-39-30-16-11-25(12-17-30)13-18-32(38)36-19-21-37(22-20-36)33(26-7-3-1-4-8-26)27-9-5-2-6-10-27/h1-18,23,33H,19-22,24H2. The van der Waals surface area contributed by atoms with Gasteiger partial charge in [0, 0.05) is 47.9 Å². The lowest BCUT2D eigenvalue weighted by molar-refractivity contribution is -0.127. The third-order valence-electron chi connectivity index (χ3n) is 6.93. The van der Waals surface area contributed by atoms with E-state index in [9.17, 15) is 4.79 Å². The number of nitrogens with zero attached hydrogens (tertiary/aromatic N) is 2. The maximum atomic E-state index is 12.9. The van der Waals surface area contributed by atoms with Gasteiger partial charge in [0.15, 0.2) is 0 Å². The number of rotatable bonds is 8. The average Bonchev–Trinajstić information content (AvgIpc) is 2.98. The monoisotopic (exact) mass is 556 g/mol. The summed E-state index contributed by atoms with van der Waals surface area (Å²) in [6.07, 6.45) is 3.51. The quantitative estimate of drug-likeness (QED) is 0.210. The van der Waals surface area contributed by atoms with Gasteiger partial charge in [-0.15, -0.1) is 0 Å². The Kier molecular flexibility index (Phi) is 9.00. The molecule has 1 saturated heterocycles. The first kappa shape index (κ1) is 27.0. The summed E-state index contributed by atoms with van der Waals surface area (Å²) in [7, 11) is 0. The number of hydrogen-bond donors (Lipinski definition) is 0. The van der Waals surface area contributed by atoms with E-state index < -0.39 is 0 Å². The maximum Gasteiger partial charge on any atom is 0.246 e. The molecule has 0 N–H and O–H groups in total. The fraction of sp³-hybridized carbons (Fsp3) is 0.182. The van der Waals surface area contributed by atoms with E-state index in [1.807, 2.05) is 53.4 Å². The number of piperazine rings is 1. The minimum absolute atomic E-state index is 0.0309. The molecule has 1 aliphatic rings. The van der Waals surface area contributed by atoms with Crippen LogP contribution in [0.15, 0.2) is 109 Å². The summed E-state index contributed by atoms with van der Waals surface area (Å²) in [6, 6.07) is 34.4. The molecule has 0 bridgehead atoms. The van der Waals surface area contributed by atoms with Crippen LogP contribution < -0.4 is 4.74 Å². The Balaban J connectivity index is 1.15. The molecule has 0 atom stereocenters. The van der Waals surface area contributed by atoms with Gasteiger partial charge in [0.25, 0.3) is 0 Å². The summed E-state index contributed by atoms with van der Waals surface area (Å²) in [5.41, 5.74) is 4.35. The molecule has 0 saturated carbocycles. The van der Waals surface area contributed by atoms with Crippen molar-refractivity contribution in [1.29, 1.82) is 0 Å².